The Morgan fingerprint density at radius 1 is 1.24 bits per heavy atom. The van der Waals surface area contributed by atoms with Crippen molar-refractivity contribution in [3.8, 4) is 5.75 Å². The molecule has 1 heterocycles. The van der Waals surface area contributed by atoms with Gasteiger partial charge in [0.25, 0.3) is 0 Å². The van der Waals surface area contributed by atoms with Gasteiger partial charge in [0.1, 0.15) is 5.75 Å². The molecule has 1 fully saturated rings. The van der Waals surface area contributed by atoms with Crippen molar-refractivity contribution < 1.29 is 4.74 Å². The number of rotatable bonds is 3. The molecule has 0 radical (unpaired) electrons. The van der Waals surface area contributed by atoms with Gasteiger partial charge < -0.3 is 10.1 Å². The highest BCUT2D eigenvalue weighted by Gasteiger charge is 2.14. The van der Waals surface area contributed by atoms with Crippen LogP contribution in [0.2, 0.25) is 0 Å². The molecule has 1 aromatic rings. The molecular formula is C15H23NO. The second-order valence-electron chi connectivity index (χ2n) is 5.11. The maximum Gasteiger partial charge on any atom is 0.124 e. The number of hydrogen-bond donors (Lipinski definition) is 1. The van der Waals surface area contributed by atoms with E-state index in [1.54, 1.807) is 7.11 Å². The fraction of sp³-hybridized carbons (Fsp3) is 0.600. The lowest BCUT2D eigenvalue weighted by atomic mass is 9.95. The molecule has 1 aromatic carbocycles. The van der Waals surface area contributed by atoms with E-state index in [0.717, 1.165) is 12.2 Å². The van der Waals surface area contributed by atoms with Gasteiger partial charge in [-0.25, -0.2) is 0 Å². The molecule has 94 valence electrons. The lowest BCUT2D eigenvalue weighted by Gasteiger charge is -2.24. The summed E-state index contributed by atoms with van der Waals surface area (Å²) in [6, 6.07) is 5.19. The van der Waals surface area contributed by atoms with Crippen LogP contribution in [0, 0.1) is 13.8 Å². The van der Waals surface area contributed by atoms with E-state index in [-0.39, 0.29) is 0 Å². The average Bonchev–Trinajstić information content (AvgIpc) is 2.30. The third kappa shape index (κ3) is 3.01. The first-order valence-corrected chi connectivity index (χ1v) is 6.58. The molecule has 1 atom stereocenters. The van der Waals surface area contributed by atoms with Gasteiger partial charge in [-0.05, 0) is 56.3 Å². The number of benzene rings is 1. The molecule has 0 unspecified atom stereocenters. The number of nitrogens with one attached hydrogen (secondary N) is 1. The minimum absolute atomic E-state index is 0.663. The van der Waals surface area contributed by atoms with Crippen LogP contribution in [0.1, 0.15) is 36.0 Å². The topological polar surface area (TPSA) is 21.3 Å². The molecule has 2 heteroatoms. The second-order valence-corrected chi connectivity index (χ2v) is 5.11. The van der Waals surface area contributed by atoms with E-state index in [1.807, 2.05) is 0 Å². The van der Waals surface area contributed by atoms with Gasteiger partial charge in [0, 0.05) is 6.04 Å². The lowest BCUT2D eigenvalue weighted by molar-refractivity contribution is 0.397. The van der Waals surface area contributed by atoms with Gasteiger partial charge >= 0.3 is 0 Å². The summed E-state index contributed by atoms with van der Waals surface area (Å²) in [5, 5.41) is 3.60. The first-order chi connectivity index (χ1) is 8.20. The van der Waals surface area contributed by atoms with Crippen molar-refractivity contribution in [2.24, 2.45) is 0 Å². The summed E-state index contributed by atoms with van der Waals surface area (Å²) in [5.41, 5.74) is 3.93. The molecule has 0 bridgehead atoms. The first-order valence-electron chi connectivity index (χ1n) is 6.58. The molecular weight excluding hydrogens is 210 g/mol. The van der Waals surface area contributed by atoms with Crippen LogP contribution in [-0.2, 0) is 6.42 Å². The van der Waals surface area contributed by atoms with E-state index in [1.165, 1.54) is 42.5 Å². The van der Waals surface area contributed by atoms with Gasteiger partial charge in [-0.3, -0.25) is 0 Å². The minimum atomic E-state index is 0.663. The van der Waals surface area contributed by atoms with Crippen molar-refractivity contribution in [1.82, 2.24) is 5.32 Å². The number of piperidine rings is 1. The van der Waals surface area contributed by atoms with Gasteiger partial charge in [0.05, 0.1) is 7.11 Å². The zero-order valence-electron chi connectivity index (χ0n) is 11.2. The lowest BCUT2D eigenvalue weighted by Crippen LogP contribution is -2.35. The second kappa shape index (κ2) is 5.54. The van der Waals surface area contributed by atoms with E-state index < -0.39 is 0 Å². The molecule has 2 nitrogen and oxygen atoms in total. The predicted molar refractivity (Wildman–Crippen MR) is 71.8 cm³/mol. The van der Waals surface area contributed by atoms with E-state index in [4.69, 9.17) is 4.74 Å². The van der Waals surface area contributed by atoms with Gasteiger partial charge in [-0.1, -0.05) is 18.6 Å². The summed E-state index contributed by atoms with van der Waals surface area (Å²) < 4.78 is 5.41. The highest BCUT2D eigenvalue weighted by molar-refractivity contribution is 5.43. The molecule has 1 saturated heterocycles. The van der Waals surface area contributed by atoms with Gasteiger partial charge in [-0.2, -0.15) is 0 Å². The Labute approximate surface area is 104 Å². The van der Waals surface area contributed by atoms with E-state index in [2.05, 4.69) is 31.3 Å². The van der Waals surface area contributed by atoms with Crippen LogP contribution < -0.4 is 10.1 Å². The summed E-state index contributed by atoms with van der Waals surface area (Å²) >= 11 is 0. The molecule has 17 heavy (non-hydrogen) atoms. The Hall–Kier alpha value is -1.02. The number of aryl methyl sites for hydroxylation is 2. The van der Waals surface area contributed by atoms with Crippen LogP contribution in [0.25, 0.3) is 0 Å². The quantitative estimate of drug-likeness (QED) is 0.866. The van der Waals surface area contributed by atoms with Crippen LogP contribution in [0.15, 0.2) is 12.1 Å². The molecule has 1 aliphatic rings. The van der Waals surface area contributed by atoms with Crippen molar-refractivity contribution in [2.75, 3.05) is 13.7 Å². The van der Waals surface area contributed by atoms with Crippen LogP contribution in [0.4, 0.5) is 0 Å². The molecule has 0 aromatic heterocycles. The van der Waals surface area contributed by atoms with Crippen molar-refractivity contribution in [3.05, 3.63) is 28.8 Å². The Morgan fingerprint density at radius 2 is 1.94 bits per heavy atom. The zero-order chi connectivity index (χ0) is 12.3. The molecule has 1 aliphatic heterocycles. The van der Waals surface area contributed by atoms with Gasteiger partial charge in [-0.15, -0.1) is 0 Å². The molecule has 2 rings (SSSR count). The average molecular weight is 233 g/mol. The van der Waals surface area contributed by atoms with E-state index >= 15 is 0 Å². The zero-order valence-corrected chi connectivity index (χ0v) is 11.2. The monoisotopic (exact) mass is 233 g/mol. The number of hydrogen-bond acceptors (Lipinski definition) is 2. The van der Waals surface area contributed by atoms with Crippen LogP contribution in [0.5, 0.6) is 5.75 Å². The summed E-state index contributed by atoms with van der Waals surface area (Å²) in [6.45, 7) is 5.44. The number of ether oxygens (including phenoxy) is 1. The molecule has 1 N–H and O–H groups in total. The third-order valence-corrected chi connectivity index (χ3v) is 3.62. The highest BCUT2D eigenvalue weighted by Crippen LogP contribution is 2.25. The normalized spacial score (nSPS) is 20.3. The maximum absolute atomic E-state index is 5.41. The van der Waals surface area contributed by atoms with Crippen molar-refractivity contribution in [1.29, 1.82) is 0 Å². The Morgan fingerprint density at radius 3 is 2.47 bits per heavy atom. The molecule has 0 spiro atoms. The van der Waals surface area contributed by atoms with Crippen LogP contribution >= 0.6 is 0 Å². The fourth-order valence-corrected chi connectivity index (χ4v) is 2.86. The molecule has 0 amide bonds. The smallest absolute Gasteiger partial charge is 0.124 e. The fourth-order valence-electron chi connectivity index (χ4n) is 2.86. The summed E-state index contributed by atoms with van der Waals surface area (Å²) in [7, 11) is 1.75. The summed E-state index contributed by atoms with van der Waals surface area (Å²) in [4.78, 5) is 0. The largest absolute Gasteiger partial charge is 0.496 e. The summed E-state index contributed by atoms with van der Waals surface area (Å²) in [6.07, 6.45) is 5.15. The maximum atomic E-state index is 5.41. The SMILES string of the molecule is COc1c(C)cc(C[C@@H]2CCCCN2)cc1C. The first kappa shape index (κ1) is 12.4. The van der Waals surface area contributed by atoms with Crippen molar-refractivity contribution in [2.45, 2.75) is 45.6 Å². The van der Waals surface area contributed by atoms with Crippen molar-refractivity contribution in [3.63, 3.8) is 0 Å². The van der Waals surface area contributed by atoms with E-state index in [9.17, 15) is 0 Å². The third-order valence-electron chi connectivity index (χ3n) is 3.62. The summed E-state index contributed by atoms with van der Waals surface area (Å²) in [5.74, 6) is 1.03. The Balaban J connectivity index is 2.10. The number of methoxy groups -OCH3 is 1. The van der Waals surface area contributed by atoms with Gasteiger partial charge in [0.15, 0.2) is 0 Å². The van der Waals surface area contributed by atoms with Gasteiger partial charge in [0.2, 0.25) is 0 Å². The van der Waals surface area contributed by atoms with Crippen molar-refractivity contribution >= 4 is 0 Å². The van der Waals surface area contributed by atoms with Crippen LogP contribution in [-0.4, -0.2) is 19.7 Å². The minimum Gasteiger partial charge on any atom is -0.496 e. The Bertz CT molecular complexity index is 358. The standard InChI is InChI=1S/C15H23NO/c1-11-8-13(9-12(2)15(11)17-3)10-14-6-4-5-7-16-14/h8-9,14,16H,4-7,10H2,1-3H3/t14-/m0/s1. The molecule has 0 aliphatic carbocycles. The molecule has 0 saturated carbocycles. The predicted octanol–water partition coefficient (Wildman–Crippen LogP) is 3.00. The van der Waals surface area contributed by atoms with Crippen LogP contribution in [0.3, 0.4) is 0 Å². The highest BCUT2D eigenvalue weighted by atomic mass is 16.5. The van der Waals surface area contributed by atoms with E-state index in [0.29, 0.717) is 6.04 Å². The Kier molecular flexibility index (Phi) is 4.06.